The standard InChI is InChI=1S/C16H28O2/c1-2-18-15-10-13(11-15)12-16(17)14-8-6-4-3-5-7-9-14/h8,13,15-17H,2-7,9-12H2,1H3. The first-order valence-corrected chi connectivity index (χ1v) is 7.78. The van der Waals surface area contributed by atoms with Crippen LogP contribution in [0.3, 0.4) is 0 Å². The van der Waals surface area contributed by atoms with Gasteiger partial charge >= 0.3 is 0 Å². The van der Waals surface area contributed by atoms with Crippen molar-refractivity contribution in [2.24, 2.45) is 5.92 Å². The second-order valence-electron chi connectivity index (χ2n) is 5.90. The Labute approximate surface area is 111 Å². The molecule has 0 heterocycles. The second-order valence-corrected chi connectivity index (χ2v) is 5.90. The van der Waals surface area contributed by atoms with Crippen molar-refractivity contribution in [3.63, 3.8) is 0 Å². The zero-order chi connectivity index (χ0) is 12.8. The maximum absolute atomic E-state index is 10.3. The largest absolute Gasteiger partial charge is 0.389 e. The van der Waals surface area contributed by atoms with Crippen molar-refractivity contribution in [3.8, 4) is 0 Å². The van der Waals surface area contributed by atoms with Gasteiger partial charge in [-0.25, -0.2) is 0 Å². The molecule has 0 radical (unpaired) electrons. The number of aliphatic hydroxyl groups is 1. The van der Waals surface area contributed by atoms with Crippen molar-refractivity contribution < 1.29 is 9.84 Å². The van der Waals surface area contributed by atoms with Crippen molar-refractivity contribution in [1.82, 2.24) is 0 Å². The summed E-state index contributed by atoms with van der Waals surface area (Å²) in [5.41, 5.74) is 1.31. The van der Waals surface area contributed by atoms with Crippen LogP contribution in [0.2, 0.25) is 0 Å². The van der Waals surface area contributed by atoms with Crippen LogP contribution < -0.4 is 0 Å². The average Bonchev–Trinajstić information content (AvgIpc) is 2.25. The van der Waals surface area contributed by atoms with Crippen LogP contribution in [0, 0.1) is 5.92 Å². The molecule has 0 aromatic rings. The Morgan fingerprint density at radius 1 is 1.28 bits per heavy atom. The van der Waals surface area contributed by atoms with Gasteiger partial charge < -0.3 is 9.84 Å². The zero-order valence-corrected chi connectivity index (χ0v) is 11.7. The minimum absolute atomic E-state index is 0.185. The van der Waals surface area contributed by atoms with Crippen LogP contribution in [0.1, 0.15) is 64.7 Å². The van der Waals surface area contributed by atoms with Gasteiger partial charge in [0.25, 0.3) is 0 Å². The molecule has 0 amide bonds. The normalized spacial score (nSPS) is 30.9. The molecule has 2 aliphatic carbocycles. The summed E-state index contributed by atoms with van der Waals surface area (Å²) in [7, 11) is 0. The van der Waals surface area contributed by atoms with Gasteiger partial charge in [-0.05, 0) is 63.4 Å². The lowest BCUT2D eigenvalue weighted by atomic mass is 9.77. The summed E-state index contributed by atoms with van der Waals surface area (Å²) < 4.78 is 5.58. The molecular formula is C16H28O2. The number of ether oxygens (including phenoxy) is 1. The van der Waals surface area contributed by atoms with Crippen LogP contribution >= 0.6 is 0 Å². The first kappa shape index (κ1) is 14.1. The molecule has 0 aliphatic heterocycles. The molecule has 0 saturated heterocycles. The van der Waals surface area contributed by atoms with E-state index in [-0.39, 0.29) is 6.10 Å². The van der Waals surface area contributed by atoms with Crippen LogP contribution in [-0.2, 0) is 4.74 Å². The lowest BCUT2D eigenvalue weighted by Gasteiger charge is -2.36. The van der Waals surface area contributed by atoms with E-state index in [0.29, 0.717) is 12.0 Å². The van der Waals surface area contributed by atoms with E-state index in [1.165, 1.54) is 37.7 Å². The molecule has 0 bridgehead atoms. The minimum atomic E-state index is -0.185. The third-order valence-electron chi connectivity index (χ3n) is 4.41. The van der Waals surface area contributed by atoms with E-state index < -0.39 is 0 Å². The molecule has 1 fully saturated rings. The van der Waals surface area contributed by atoms with Crippen LogP contribution in [0.25, 0.3) is 0 Å². The molecule has 1 saturated carbocycles. The Morgan fingerprint density at radius 3 is 2.83 bits per heavy atom. The summed E-state index contributed by atoms with van der Waals surface area (Å²) in [4.78, 5) is 0. The SMILES string of the molecule is CCOC1CC(CC(O)C2=CCCCCCC2)C1. The quantitative estimate of drug-likeness (QED) is 0.753. The van der Waals surface area contributed by atoms with E-state index in [4.69, 9.17) is 4.74 Å². The van der Waals surface area contributed by atoms with Crippen LogP contribution in [0.15, 0.2) is 11.6 Å². The van der Waals surface area contributed by atoms with E-state index >= 15 is 0 Å². The van der Waals surface area contributed by atoms with Crippen LogP contribution in [-0.4, -0.2) is 23.9 Å². The molecule has 2 aliphatic rings. The molecule has 2 nitrogen and oxygen atoms in total. The maximum Gasteiger partial charge on any atom is 0.0752 e. The van der Waals surface area contributed by atoms with Gasteiger partial charge in [-0.15, -0.1) is 0 Å². The highest BCUT2D eigenvalue weighted by atomic mass is 16.5. The molecule has 0 aromatic heterocycles. The summed E-state index contributed by atoms with van der Waals surface area (Å²) in [6.45, 7) is 2.88. The Bertz CT molecular complexity index is 266. The van der Waals surface area contributed by atoms with Gasteiger partial charge in [-0.1, -0.05) is 18.9 Å². The molecule has 1 unspecified atom stereocenters. The third-order valence-corrected chi connectivity index (χ3v) is 4.41. The van der Waals surface area contributed by atoms with Gasteiger partial charge in [-0.3, -0.25) is 0 Å². The summed E-state index contributed by atoms with van der Waals surface area (Å²) in [5, 5.41) is 10.3. The fourth-order valence-electron chi connectivity index (χ4n) is 3.23. The van der Waals surface area contributed by atoms with Gasteiger partial charge in [0, 0.05) is 6.61 Å². The second kappa shape index (κ2) is 7.30. The molecule has 1 N–H and O–H groups in total. The smallest absolute Gasteiger partial charge is 0.0752 e. The third kappa shape index (κ3) is 4.10. The molecule has 104 valence electrons. The molecular weight excluding hydrogens is 224 g/mol. The Morgan fingerprint density at radius 2 is 2.06 bits per heavy atom. The van der Waals surface area contributed by atoms with Crippen molar-refractivity contribution in [1.29, 1.82) is 0 Å². The summed E-state index contributed by atoms with van der Waals surface area (Å²) >= 11 is 0. The highest BCUT2D eigenvalue weighted by molar-refractivity contribution is 5.09. The number of hydrogen-bond acceptors (Lipinski definition) is 2. The monoisotopic (exact) mass is 252 g/mol. The summed E-state index contributed by atoms with van der Waals surface area (Å²) in [6, 6.07) is 0. The lowest BCUT2D eigenvalue weighted by Crippen LogP contribution is -2.34. The minimum Gasteiger partial charge on any atom is -0.389 e. The molecule has 18 heavy (non-hydrogen) atoms. The Hall–Kier alpha value is -0.340. The first-order chi connectivity index (χ1) is 8.79. The molecule has 2 rings (SSSR count). The number of hydrogen-bond donors (Lipinski definition) is 1. The van der Waals surface area contributed by atoms with E-state index in [1.54, 1.807) is 0 Å². The number of aliphatic hydroxyl groups excluding tert-OH is 1. The van der Waals surface area contributed by atoms with Crippen molar-refractivity contribution in [2.45, 2.75) is 76.9 Å². The average molecular weight is 252 g/mol. The van der Waals surface area contributed by atoms with Gasteiger partial charge in [0.2, 0.25) is 0 Å². The molecule has 2 heteroatoms. The lowest BCUT2D eigenvalue weighted by molar-refractivity contribution is -0.0351. The van der Waals surface area contributed by atoms with Gasteiger partial charge in [0.15, 0.2) is 0 Å². The van der Waals surface area contributed by atoms with E-state index in [0.717, 1.165) is 32.3 Å². The van der Waals surface area contributed by atoms with E-state index in [1.807, 2.05) is 0 Å². The molecule has 0 spiro atoms. The Kier molecular flexibility index (Phi) is 5.71. The van der Waals surface area contributed by atoms with Gasteiger partial charge in [0.05, 0.1) is 12.2 Å². The summed E-state index contributed by atoms with van der Waals surface area (Å²) in [6.07, 6.45) is 13.4. The van der Waals surface area contributed by atoms with Crippen LogP contribution in [0.4, 0.5) is 0 Å². The van der Waals surface area contributed by atoms with Crippen LogP contribution in [0.5, 0.6) is 0 Å². The fourth-order valence-corrected chi connectivity index (χ4v) is 3.23. The molecule has 1 atom stereocenters. The molecule has 0 aromatic carbocycles. The number of rotatable bonds is 5. The topological polar surface area (TPSA) is 29.5 Å². The van der Waals surface area contributed by atoms with Gasteiger partial charge in [0.1, 0.15) is 0 Å². The van der Waals surface area contributed by atoms with E-state index in [2.05, 4.69) is 13.0 Å². The predicted molar refractivity (Wildman–Crippen MR) is 74.5 cm³/mol. The summed E-state index contributed by atoms with van der Waals surface area (Å²) in [5.74, 6) is 0.683. The number of allylic oxidation sites excluding steroid dienone is 1. The predicted octanol–water partition coefficient (Wildman–Crippen LogP) is 3.83. The zero-order valence-electron chi connectivity index (χ0n) is 11.7. The van der Waals surface area contributed by atoms with Crippen molar-refractivity contribution in [2.75, 3.05) is 6.61 Å². The highest BCUT2D eigenvalue weighted by Gasteiger charge is 2.31. The highest BCUT2D eigenvalue weighted by Crippen LogP contribution is 2.35. The Balaban J connectivity index is 1.72. The van der Waals surface area contributed by atoms with E-state index in [9.17, 15) is 5.11 Å². The maximum atomic E-state index is 10.3. The first-order valence-electron chi connectivity index (χ1n) is 7.78. The van der Waals surface area contributed by atoms with Crippen molar-refractivity contribution in [3.05, 3.63) is 11.6 Å². The van der Waals surface area contributed by atoms with Crippen molar-refractivity contribution >= 4 is 0 Å². The fraction of sp³-hybridized carbons (Fsp3) is 0.875. The van der Waals surface area contributed by atoms with Gasteiger partial charge in [-0.2, -0.15) is 0 Å².